The Bertz CT molecular complexity index is 867. The number of hydrogen-bond donors (Lipinski definition) is 0. The largest absolute Gasteiger partial charge is 0.497 e. The Balaban J connectivity index is 1.74. The molecule has 0 bridgehead atoms. The summed E-state index contributed by atoms with van der Waals surface area (Å²) < 4.78 is 7.72. The third kappa shape index (κ3) is 3.51. The minimum absolute atomic E-state index is 0.762. The summed E-state index contributed by atoms with van der Waals surface area (Å²) in [5, 5.41) is 0.762. The number of fused-ring (bicyclic) bond motifs is 1. The van der Waals surface area contributed by atoms with Crippen molar-refractivity contribution in [3.05, 3.63) is 58.9 Å². The molecule has 0 atom stereocenters. The highest BCUT2D eigenvalue weighted by Gasteiger charge is 2.18. The number of methoxy groups -OCH3 is 1. The second-order valence-corrected chi connectivity index (χ2v) is 7.01. The van der Waals surface area contributed by atoms with E-state index in [1.165, 1.54) is 18.4 Å². The number of hydrogen-bond acceptors (Lipinski definition) is 3. The Labute approximate surface area is 153 Å². The molecule has 0 spiro atoms. The lowest BCUT2D eigenvalue weighted by atomic mass is 10.2. The normalized spacial score (nSPS) is 15.1. The van der Waals surface area contributed by atoms with E-state index in [4.69, 9.17) is 21.3 Å². The molecule has 1 fully saturated rings. The molecule has 1 aliphatic heterocycles. The molecule has 4 rings (SSSR count). The maximum Gasteiger partial charge on any atom is 0.124 e. The molecule has 3 aromatic rings. The van der Waals surface area contributed by atoms with Gasteiger partial charge in [-0.05, 0) is 55.8 Å². The molecule has 1 saturated heterocycles. The van der Waals surface area contributed by atoms with Gasteiger partial charge in [-0.3, -0.25) is 4.90 Å². The summed E-state index contributed by atoms with van der Waals surface area (Å²) in [7, 11) is 1.70. The number of nitrogens with zero attached hydrogens (tertiary/aromatic N) is 3. The number of halogens is 1. The first kappa shape index (κ1) is 16.4. The van der Waals surface area contributed by atoms with Gasteiger partial charge in [0, 0.05) is 17.6 Å². The molecule has 0 aliphatic carbocycles. The van der Waals surface area contributed by atoms with E-state index in [0.717, 1.165) is 53.8 Å². The van der Waals surface area contributed by atoms with E-state index >= 15 is 0 Å². The molecule has 25 heavy (non-hydrogen) atoms. The standard InChI is InChI=1S/C20H22ClN3O/c1-25-17-8-9-18-19(12-17)24(13-15-4-6-16(21)7-5-15)20(22-18)14-23-10-2-3-11-23/h4-9,12H,2-3,10-11,13-14H2,1H3. The van der Waals surface area contributed by atoms with Gasteiger partial charge < -0.3 is 9.30 Å². The first-order valence-corrected chi connectivity index (χ1v) is 9.11. The predicted octanol–water partition coefficient (Wildman–Crippen LogP) is 4.34. The molecule has 130 valence electrons. The van der Waals surface area contributed by atoms with Gasteiger partial charge in [-0.1, -0.05) is 23.7 Å². The highest BCUT2D eigenvalue weighted by molar-refractivity contribution is 6.30. The minimum Gasteiger partial charge on any atom is -0.497 e. The number of likely N-dealkylation sites (tertiary alicyclic amines) is 1. The highest BCUT2D eigenvalue weighted by atomic mass is 35.5. The fourth-order valence-corrected chi connectivity index (χ4v) is 3.62. The van der Waals surface area contributed by atoms with E-state index in [1.807, 2.05) is 24.3 Å². The van der Waals surface area contributed by atoms with Gasteiger partial charge in [-0.15, -0.1) is 0 Å². The molecule has 1 aromatic heterocycles. The maximum absolute atomic E-state index is 6.03. The summed E-state index contributed by atoms with van der Waals surface area (Å²) in [5.41, 5.74) is 3.35. The average molecular weight is 356 g/mol. The first-order valence-electron chi connectivity index (χ1n) is 8.73. The van der Waals surface area contributed by atoms with Crippen molar-refractivity contribution in [1.82, 2.24) is 14.5 Å². The molecular formula is C20H22ClN3O. The van der Waals surface area contributed by atoms with Crippen molar-refractivity contribution in [2.24, 2.45) is 0 Å². The van der Waals surface area contributed by atoms with Gasteiger partial charge >= 0.3 is 0 Å². The Kier molecular flexibility index (Phi) is 4.64. The maximum atomic E-state index is 6.03. The Hall–Kier alpha value is -2.04. The van der Waals surface area contributed by atoms with Crippen molar-refractivity contribution < 1.29 is 4.74 Å². The van der Waals surface area contributed by atoms with Crippen LogP contribution in [0.25, 0.3) is 11.0 Å². The quantitative estimate of drug-likeness (QED) is 0.682. The summed E-state index contributed by atoms with van der Waals surface area (Å²) in [6.07, 6.45) is 2.57. The number of rotatable bonds is 5. The monoisotopic (exact) mass is 355 g/mol. The first-order chi connectivity index (χ1) is 12.2. The van der Waals surface area contributed by atoms with Crippen LogP contribution < -0.4 is 4.74 Å². The van der Waals surface area contributed by atoms with E-state index in [9.17, 15) is 0 Å². The molecule has 0 amide bonds. The van der Waals surface area contributed by atoms with Crippen LogP contribution in [0.1, 0.15) is 24.2 Å². The second-order valence-electron chi connectivity index (χ2n) is 6.58. The number of benzene rings is 2. The average Bonchev–Trinajstić information content (AvgIpc) is 3.25. The minimum atomic E-state index is 0.762. The van der Waals surface area contributed by atoms with Crippen molar-refractivity contribution in [3.8, 4) is 5.75 Å². The van der Waals surface area contributed by atoms with Gasteiger partial charge in [0.25, 0.3) is 0 Å². The second kappa shape index (κ2) is 7.06. The molecule has 0 unspecified atom stereocenters. The highest BCUT2D eigenvalue weighted by Crippen LogP contribution is 2.25. The number of ether oxygens (including phenoxy) is 1. The van der Waals surface area contributed by atoms with Gasteiger partial charge in [0.15, 0.2) is 0 Å². The van der Waals surface area contributed by atoms with Crippen LogP contribution in [0.2, 0.25) is 5.02 Å². The SMILES string of the molecule is COc1ccc2nc(CN3CCCC3)n(Cc3ccc(Cl)cc3)c2c1. The summed E-state index contributed by atoms with van der Waals surface area (Å²) >= 11 is 6.03. The van der Waals surface area contributed by atoms with Gasteiger partial charge in [0.1, 0.15) is 11.6 Å². The fraction of sp³-hybridized carbons (Fsp3) is 0.350. The van der Waals surface area contributed by atoms with Crippen LogP contribution in [0.3, 0.4) is 0 Å². The lowest BCUT2D eigenvalue weighted by Crippen LogP contribution is -2.21. The van der Waals surface area contributed by atoms with Crippen LogP contribution >= 0.6 is 11.6 Å². The lowest BCUT2D eigenvalue weighted by Gasteiger charge is -2.16. The van der Waals surface area contributed by atoms with Crippen molar-refractivity contribution in [2.75, 3.05) is 20.2 Å². The van der Waals surface area contributed by atoms with Crippen LogP contribution in [-0.4, -0.2) is 34.7 Å². The third-order valence-electron chi connectivity index (χ3n) is 4.85. The molecule has 2 heterocycles. The third-order valence-corrected chi connectivity index (χ3v) is 5.10. The number of aromatic nitrogens is 2. The predicted molar refractivity (Wildman–Crippen MR) is 101 cm³/mol. The van der Waals surface area contributed by atoms with E-state index in [1.54, 1.807) is 7.11 Å². The van der Waals surface area contributed by atoms with Crippen LogP contribution in [0.5, 0.6) is 5.75 Å². The Morgan fingerprint density at radius 3 is 2.52 bits per heavy atom. The van der Waals surface area contributed by atoms with Crippen LogP contribution in [0.15, 0.2) is 42.5 Å². The molecule has 1 aliphatic rings. The summed E-state index contributed by atoms with van der Waals surface area (Å²) in [5.74, 6) is 1.97. The van der Waals surface area contributed by atoms with E-state index in [-0.39, 0.29) is 0 Å². The smallest absolute Gasteiger partial charge is 0.124 e. The van der Waals surface area contributed by atoms with Gasteiger partial charge in [-0.2, -0.15) is 0 Å². The van der Waals surface area contributed by atoms with Crippen molar-refractivity contribution in [1.29, 1.82) is 0 Å². The lowest BCUT2D eigenvalue weighted by molar-refractivity contribution is 0.318. The topological polar surface area (TPSA) is 30.3 Å². The van der Waals surface area contributed by atoms with E-state index < -0.39 is 0 Å². The molecule has 0 radical (unpaired) electrons. The molecule has 0 saturated carbocycles. The van der Waals surface area contributed by atoms with Crippen molar-refractivity contribution in [3.63, 3.8) is 0 Å². The number of imidazole rings is 1. The molecular weight excluding hydrogens is 334 g/mol. The van der Waals surface area contributed by atoms with Gasteiger partial charge in [-0.25, -0.2) is 4.98 Å². The molecule has 5 heteroatoms. The van der Waals surface area contributed by atoms with E-state index in [2.05, 4.69) is 27.7 Å². The van der Waals surface area contributed by atoms with Gasteiger partial charge in [0.2, 0.25) is 0 Å². The fourth-order valence-electron chi connectivity index (χ4n) is 3.49. The van der Waals surface area contributed by atoms with Gasteiger partial charge in [0.05, 0.1) is 24.7 Å². The summed E-state index contributed by atoms with van der Waals surface area (Å²) in [6.45, 7) is 4.00. The molecule has 0 N–H and O–H groups in total. The summed E-state index contributed by atoms with van der Waals surface area (Å²) in [6, 6.07) is 14.1. The van der Waals surface area contributed by atoms with Crippen LogP contribution in [0, 0.1) is 0 Å². The zero-order valence-electron chi connectivity index (χ0n) is 14.4. The zero-order chi connectivity index (χ0) is 17.2. The summed E-state index contributed by atoms with van der Waals surface area (Å²) in [4.78, 5) is 7.39. The Morgan fingerprint density at radius 2 is 1.80 bits per heavy atom. The zero-order valence-corrected chi connectivity index (χ0v) is 15.2. The van der Waals surface area contributed by atoms with Crippen LogP contribution in [-0.2, 0) is 13.1 Å². The van der Waals surface area contributed by atoms with Crippen molar-refractivity contribution in [2.45, 2.75) is 25.9 Å². The van der Waals surface area contributed by atoms with E-state index in [0.29, 0.717) is 0 Å². The van der Waals surface area contributed by atoms with Crippen LogP contribution in [0.4, 0.5) is 0 Å². The van der Waals surface area contributed by atoms with Crippen molar-refractivity contribution >= 4 is 22.6 Å². The molecule has 4 nitrogen and oxygen atoms in total. The Morgan fingerprint density at radius 1 is 1.04 bits per heavy atom. The molecule has 2 aromatic carbocycles.